The minimum atomic E-state index is 0.632. The van der Waals surface area contributed by atoms with Crippen molar-refractivity contribution in [2.75, 3.05) is 6.54 Å². The maximum atomic E-state index is 6.26. The zero-order valence-electron chi connectivity index (χ0n) is 12.3. The average molecular weight is 314 g/mol. The summed E-state index contributed by atoms with van der Waals surface area (Å²) in [5.74, 6) is 0.847. The van der Waals surface area contributed by atoms with Gasteiger partial charge in [0.05, 0.1) is 0 Å². The van der Waals surface area contributed by atoms with Crippen molar-refractivity contribution in [3.8, 4) is 0 Å². The Labute approximate surface area is 133 Å². The molecule has 1 fully saturated rings. The van der Waals surface area contributed by atoms with Crippen molar-refractivity contribution in [1.29, 1.82) is 0 Å². The summed E-state index contributed by atoms with van der Waals surface area (Å²) < 4.78 is 0. The second kappa shape index (κ2) is 8.26. The van der Waals surface area contributed by atoms with E-state index in [9.17, 15) is 0 Å². The lowest BCUT2D eigenvalue weighted by atomic mass is 9.92. The maximum absolute atomic E-state index is 6.26. The van der Waals surface area contributed by atoms with Crippen molar-refractivity contribution in [3.63, 3.8) is 0 Å². The van der Waals surface area contributed by atoms with E-state index in [0.717, 1.165) is 35.3 Å². The molecular weight excluding hydrogens is 289 g/mol. The molecule has 1 aliphatic carbocycles. The van der Waals surface area contributed by atoms with Crippen LogP contribution in [-0.2, 0) is 6.42 Å². The number of nitrogens with one attached hydrogen (secondary N) is 1. The Morgan fingerprint density at radius 2 is 2.00 bits per heavy atom. The van der Waals surface area contributed by atoms with Gasteiger partial charge < -0.3 is 5.32 Å². The molecule has 0 radical (unpaired) electrons. The molecule has 3 heteroatoms. The molecule has 0 saturated heterocycles. The van der Waals surface area contributed by atoms with Gasteiger partial charge in [0.25, 0.3) is 0 Å². The van der Waals surface area contributed by atoms with Gasteiger partial charge in [-0.05, 0) is 68.3 Å². The van der Waals surface area contributed by atoms with Crippen molar-refractivity contribution in [2.24, 2.45) is 5.92 Å². The van der Waals surface area contributed by atoms with Crippen LogP contribution in [0.25, 0.3) is 0 Å². The first-order valence-corrected chi connectivity index (χ1v) is 8.63. The lowest BCUT2D eigenvalue weighted by Crippen LogP contribution is -2.36. The molecule has 112 valence electrons. The molecule has 0 amide bonds. The molecular formula is C17H25Cl2N. The van der Waals surface area contributed by atoms with Crippen molar-refractivity contribution in [3.05, 3.63) is 33.8 Å². The SMILES string of the molecule is CCCNC(CCc1cc(Cl)ccc1Cl)C1CCCC1. The molecule has 0 aromatic heterocycles. The second-order valence-electron chi connectivity index (χ2n) is 5.88. The number of rotatable bonds is 7. The van der Waals surface area contributed by atoms with E-state index in [1.54, 1.807) is 0 Å². The zero-order chi connectivity index (χ0) is 14.4. The van der Waals surface area contributed by atoms with Gasteiger partial charge in [-0.25, -0.2) is 0 Å². The second-order valence-corrected chi connectivity index (χ2v) is 6.72. The average Bonchev–Trinajstić information content (AvgIpc) is 2.96. The van der Waals surface area contributed by atoms with Crippen LogP contribution in [0.1, 0.15) is 51.0 Å². The van der Waals surface area contributed by atoms with E-state index in [2.05, 4.69) is 12.2 Å². The number of aryl methyl sites for hydroxylation is 1. The third-order valence-corrected chi connectivity index (χ3v) is 4.96. The summed E-state index contributed by atoms with van der Waals surface area (Å²) >= 11 is 12.3. The standard InChI is InChI=1S/C17H25Cl2N/c1-2-11-20-17(13-5-3-4-6-13)10-7-14-12-15(18)8-9-16(14)19/h8-9,12-13,17,20H,2-7,10-11H2,1H3. The molecule has 0 heterocycles. The molecule has 1 aromatic carbocycles. The molecule has 1 nitrogen and oxygen atoms in total. The summed E-state index contributed by atoms with van der Waals surface area (Å²) in [6, 6.07) is 6.41. The molecule has 0 bridgehead atoms. The highest BCUT2D eigenvalue weighted by molar-refractivity contribution is 6.33. The van der Waals surface area contributed by atoms with Gasteiger partial charge in [0, 0.05) is 16.1 Å². The van der Waals surface area contributed by atoms with Crippen molar-refractivity contribution in [1.82, 2.24) is 5.32 Å². The lowest BCUT2D eigenvalue weighted by molar-refractivity contribution is 0.341. The minimum absolute atomic E-state index is 0.632. The summed E-state index contributed by atoms with van der Waals surface area (Å²) in [6.07, 6.45) is 8.91. The Balaban J connectivity index is 1.94. The fraction of sp³-hybridized carbons (Fsp3) is 0.647. The molecule has 1 saturated carbocycles. The third-order valence-electron chi connectivity index (χ3n) is 4.36. The Morgan fingerprint density at radius 3 is 2.70 bits per heavy atom. The van der Waals surface area contributed by atoms with Crippen molar-refractivity contribution < 1.29 is 0 Å². The highest BCUT2D eigenvalue weighted by atomic mass is 35.5. The highest BCUT2D eigenvalue weighted by Gasteiger charge is 2.24. The summed E-state index contributed by atoms with van der Waals surface area (Å²) in [6.45, 7) is 3.34. The fourth-order valence-corrected chi connectivity index (χ4v) is 3.65. The molecule has 1 aliphatic rings. The van der Waals surface area contributed by atoms with Gasteiger partial charge in [0.15, 0.2) is 0 Å². The van der Waals surface area contributed by atoms with Crippen LogP contribution in [0, 0.1) is 5.92 Å². The van der Waals surface area contributed by atoms with Gasteiger partial charge in [-0.15, -0.1) is 0 Å². The van der Waals surface area contributed by atoms with Crippen LogP contribution >= 0.6 is 23.2 Å². The monoisotopic (exact) mass is 313 g/mol. The molecule has 1 atom stereocenters. The van der Waals surface area contributed by atoms with Gasteiger partial charge >= 0.3 is 0 Å². The largest absolute Gasteiger partial charge is 0.314 e. The van der Waals surface area contributed by atoms with Crippen LogP contribution < -0.4 is 5.32 Å². The van der Waals surface area contributed by atoms with E-state index in [1.807, 2.05) is 18.2 Å². The van der Waals surface area contributed by atoms with E-state index in [-0.39, 0.29) is 0 Å². The first-order chi connectivity index (χ1) is 9.70. The van der Waals surface area contributed by atoms with E-state index < -0.39 is 0 Å². The summed E-state index contributed by atoms with van der Waals surface area (Å²) in [4.78, 5) is 0. The molecule has 1 unspecified atom stereocenters. The molecule has 2 rings (SSSR count). The first-order valence-electron chi connectivity index (χ1n) is 7.88. The number of halogens is 2. The van der Waals surface area contributed by atoms with Crippen LogP contribution in [-0.4, -0.2) is 12.6 Å². The third kappa shape index (κ3) is 4.65. The zero-order valence-corrected chi connectivity index (χ0v) is 13.8. The predicted molar refractivity (Wildman–Crippen MR) is 88.8 cm³/mol. The summed E-state index contributed by atoms with van der Waals surface area (Å²) in [7, 11) is 0. The highest BCUT2D eigenvalue weighted by Crippen LogP contribution is 2.30. The van der Waals surface area contributed by atoms with Gasteiger partial charge in [-0.2, -0.15) is 0 Å². The molecule has 0 aliphatic heterocycles. The van der Waals surface area contributed by atoms with Crippen LogP contribution in [0.15, 0.2) is 18.2 Å². The van der Waals surface area contributed by atoms with Gasteiger partial charge in [0.2, 0.25) is 0 Å². The smallest absolute Gasteiger partial charge is 0.0439 e. The summed E-state index contributed by atoms with van der Waals surface area (Å²) in [5, 5.41) is 5.36. The van der Waals surface area contributed by atoms with Crippen molar-refractivity contribution in [2.45, 2.75) is 57.9 Å². The van der Waals surface area contributed by atoms with Gasteiger partial charge in [0.1, 0.15) is 0 Å². The van der Waals surface area contributed by atoms with Gasteiger partial charge in [-0.1, -0.05) is 43.0 Å². The topological polar surface area (TPSA) is 12.0 Å². The normalized spacial score (nSPS) is 17.6. The van der Waals surface area contributed by atoms with Crippen molar-refractivity contribution >= 4 is 23.2 Å². The Bertz CT molecular complexity index is 413. The van der Waals surface area contributed by atoms with Crippen LogP contribution in [0.2, 0.25) is 10.0 Å². The van der Waals surface area contributed by atoms with E-state index in [1.165, 1.54) is 37.7 Å². The Kier molecular flexibility index (Phi) is 6.67. The molecule has 0 spiro atoms. The summed E-state index contributed by atoms with van der Waals surface area (Å²) in [5.41, 5.74) is 1.18. The lowest BCUT2D eigenvalue weighted by Gasteiger charge is -2.25. The number of hydrogen-bond acceptors (Lipinski definition) is 1. The number of hydrogen-bond donors (Lipinski definition) is 1. The first kappa shape index (κ1) is 16.1. The quantitative estimate of drug-likeness (QED) is 0.702. The number of benzene rings is 1. The van der Waals surface area contributed by atoms with E-state index >= 15 is 0 Å². The minimum Gasteiger partial charge on any atom is -0.314 e. The fourth-order valence-electron chi connectivity index (χ4n) is 3.24. The molecule has 1 aromatic rings. The van der Waals surface area contributed by atoms with E-state index in [0.29, 0.717) is 6.04 Å². The van der Waals surface area contributed by atoms with Crippen LogP contribution in [0.5, 0.6) is 0 Å². The predicted octanol–water partition coefficient (Wildman–Crippen LogP) is 5.48. The molecule has 20 heavy (non-hydrogen) atoms. The molecule has 1 N–H and O–H groups in total. The van der Waals surface area contributed by atoms with Crippen LogP contribution in [0.4, 0.5) is 0 Å². The Hall–Kier alpha value is -0.240. The van der Waals surface area contributed by atoms with Gasteiger partial charge in [-0.3, -0.25) is 0 Å². The maximum Gasteiger partial charge on any atom is 0.0439 e. The Morgan fingerprint density at radius 1 is 1.25 bits per heavy atom. The van der Waals surface area contributed by atoms with Crippen LogP contribution in [0.3, 0.4) is 0 Å². The van der Waals surface area contributed by atoms with E-state index in [4.69, 9.17) is 23.2 Å².